The van der Waals surface area contributed by atoms with Gasteiger partial charge in [-0.05, 0) is 47.9 Å². The van der Waals surface area contributed by atoms with E-state index in [2.05, 4.69) is 23.8 Å². The third kappa shape index (κ3) is 2.70. The molecule has 1 aromatic carbocycles. The van der Waals surface area contributed by atoms with E-state index in [0.29, 0.717) is 5.92 Å². The summed E-state index contributed by atoms with van der Waals surface area (Å²) in [7, 11) is 0. The zero-order chi connectivity index (χ0) is 15.5. The number of hydrogen-bond acceptors (Lipinski definition) is 3. The molecule has 0 amide bonds. The second-order valence-electron chi connectivity index (χ2n) is 5.55. The first kappa shape index (κ1) is 14.3. The van der Waals surface area contributed by atoms with Gasteiger partial charge in [-0.15, -0.1) is 0 Å². The molecule has 2 aromatic heterocycles. The smallest absolute Gasteiger partial charge is 0.134 e. The zero-order valence-electron chi connectivity index (χ0n) is 12.7. The van der Waals surface area contributed by atoms with Crippen LogP contribution in [-0.4, -0.2) is 15.1 Å². The molecule has 2 heterocycles. The highest BCUT2D eigenvalue weighted by Crippen LogP contribution is 2.39. The van der Waals surface area contributed by atoms with E-state index in [-0.39, 0.29) is 5.75 Å². The first-order valence-corrected chi connectivity index (χ1v) is 7.36. The molecule has 0 aliphatic carbocycles. The molecular weight excluding hydrogens is 272 g/mol. The van der Waals surface area contributed by atoms with Crippen molar-refractivity contribution in [3.8, 4) is 28.3 Å². The monoisotopic (exact) mass is 290 g/mol. The van der Waals surface area contributed by atoms with Gasteiger partial charge in [-0.25, -0.2) is 0 Å². The number of hydrogen-bond donors (Lipinski definition) is 1. The summed E-state index contributed by atoms with van der Waals surface area (Å²) in [4.78, 5) is 8.73. The van der Waals surface area contributed by atoms with Gasteiger partial charge in [-0.2, -0.15) is 0 Å². The van der Waals surface area contributed by atoms with E-state index in [1.807, 2.05) is 48.5 Å². The quantitative estimate of drug-likeness (QED) is 0.764. The number of benzene rings is 1. The van der Waals surface area contributed by atoms with E-state index in [1.54, 1.807) is 12.4 Å². The Morgan fingerprint density at radius 2 is 1.32 bits per heavy atom. The summed E-state index contributed by atoms with van der Waals surface area (Å²) in [5.74, 6) is 0.576. The highest BCUT2D eigenvalue weighted by atomic mass is 16.3. The van der Waals surface area contributed by atoms with Gasteiger partial charge in [0.05, 0.1) is 11.4 Å². The van der Waals surface area contributed by atoms with Crippen molar-refractivity contribution in [2.75, 3.05) is 0 Å². The molecule has 22 heavy (non-hydrogen) atoms. The first-order chi connectivity index (χ1) is 10.7. The first-order valence-electron chi connectivity index (χ1n) is 7.36. The molecule has 1 N–H and O–H groups in total. The van der Waals surface area contributed by atoms with Crippen LogP contribution in [0.3, 0.4) is 0 Å². The van der Waals surface area contributed by atoms with Crippen molar-refractivity contribution >= 4 is 0 Å². The van der Waals surface area contributed by atoms with Gasteiger partial charge in [-0.1, -0.05) is 26.0 Å². The van der Waals surface area contributed by atoms with Crippen LogP contribution in [0.2, 0.25) is 0 Å². The molecule has 0 spiro atoms. The van der Waals surface area contributed by atoms with Gasteiger partial charge in [0.15, 0.2) is 0 Å². The molecule has 3 aromatic rings. The molecule has 3 heteroatoms. The number of nitrogens with zero attached hydrogens (tertiary/aromatic N) is 2. The van der Waals surface area contributed by atoms with Crippen LogP contribution in [-0.2, 0) is 0 Å². The maximum absolute atomic E-state index is 10.7. The predicted molar refractivity (Wildman–Crippen MR) is 88.7 cm³/mol. The van der Waals surface area contributed by atoms with E-state index < -0.39 is 0 Å². The Morgan fingerprint density at radius 1 is 0.818 bits per heavy atom. The van der Waals surface area contributed by atoms with Gasteiger partial charge in [-0.3, -0.25) is 9.97 Å². The summed E-state index contributed by atoms with van der Waals surface area (Å²) in [5.41, 5.74) is 4.17. The van der Waals surface area contributed by atoms with Gasteiger partial charge in [0, 0.05) is 23.5 Å². The van der Waals surface area contributed by atoms with Crippen molar-refractivity contribution in [3.63, 3.8) is 0 Å². The summed E-state index contributed by atoms with van der Waals surface area (Å²) < 4.78 is 0. The normalized spacial score (nSPS) is 10.9. The predicted octanol–water partition coefficient (Wildman–Crippen LogP) is 4.64. The Bertz CT molecular complexity index is 707. The largest absolute Gasteiger partial charge is 0.507 e. The lowest BCUT2D eigenvalue weighted by atomic mass is 9.94. The van der Waals surface area contributed by atoms with Crippen LogP contribution in [0.25, 0.3) is 22.5 Å². The molecule has 3 nitrogen and oxygen atoms in total. The van der Waals surface area contributed by atoms with E-state index in [1.165, 1.54) is 0 Å². The Labute approximate surface area is 130 Å². The zero-order valence-corrected chi connectivity index (χ0v) is 12.7. The maximum atomic E-state index is 10.7. The molecule has 0 saturated carbocycles. The highest BCUT2D eigenvalue weighted by molar-refractivity contribution is 5.80. The number of phenolic OH excluding ortho intramolecular Hbond substituents is 1. The molecule has 0 atom stereocenters. The fourth-order valence-electron chi connectivity index (χ4n) is 2.42. The standard InChI is InChI=1S/C19H18N2O/c1-13(2)14-11-15(17-7-3-5-9-20-17)19(22)16(12-14)18-8-4-6-10-21-18/h3-13,22H,1-2H3. The molecule has 0 radical (unpaired) electrons. The second kappa shape index (κ2) is 5.98. The SMILES string of the molecule is CC(C)c1cc(-c2ccccn2)c(O)c(-c2ccccn2)c1. The van der Waals surface area contributed by atoms with Gasteiger partial charge in [0.25, 0.3) is 0 Å². The van der Waals surface area contributed by atoms with Crippen LogP contribution >= 0.6 is 0 Å². The van der Waals surface area contributed by atoms with Crippen LogP contribution in [0.1, 0.15) is 25.3 Å². The number of pyridine rings is 2. The van der Waals surface area contributed by atoms with Crippen molar-refractivity contribution in [3.05, 3.63) is 66.5 Å². The molecule has 0 aliphatic heterocycles. The van der Waals surface area contributed by atoms with Crippen molar-refractivity contribution in [1.29, 1.82) is 0 Å². The van der Waals surface area contributed by atoms with Gasteiger partial charge in [0.2, 0.25) is 0 Å². The molecule has 0 saturated heterocycles. The van der Waals surface area contributed by atoms with E-state index in [4.69, 9.17) is 0 Å². The molecule has 0 aliphatic rings. The molecular formula is C19H18N2O. The Hall–Kier alpha value is -2.68. The molecule has 0 bridgehead atoms. The van der Waals surface area contributed by atoms with E-state index in [9.17, 15) is 5.11 Å². The van der Waals surface area contributed by atoms with Gasteiger partial charge in [0.1, 0.15) is 5.75 Å². The van der Waals surface area contributed by atoms with E-state index >= 15 is 0 Å². The Balaban J connectivity index is 2.25. The lowest BCUT2D eigenvalue weighted by Crippen LogP contribution is -1.94. The average Bonchev–Trinajstić information content (AvgIpc) is 2.56. The fraction of sp³-hybridized carbons (Fsp3) is 0.158. The topological polar surface area (TPSA) is 46.0 Å². The molecule has 0 fully saturated rings. The summed E-state index contributed by atoms with van der Waals surface area (Å²) >= 11 is 0. The number of rotatable bonds is 3. The number of aromatic hydroxyl groups is 1. The Kier molecular flexibility index (Phi) is 3.88. The minimum Gasteiger partial charge on any atom is -0.507 e. The van der Waals surface area contributed by atoms with Gasteiger partial charge < -0.3 is 5.11 Å². The average molecular weight is 290 g/mol. The minimum atomic E-state index is 0.224. The van der Waals surface area contributed by atoms with Gasteiger partial charge >= 0.3 is 0 Å². The second-order valence-corrected chi connectivity index (χ2v) is 5.55. The van der Waals surface area contributed by atoms with Crippen LogP contribution in [0, 0.1) is 0 Å². The fourth-order valence-corrected chi connectivity index (χ4v) is 2.42. The third-order valence-electron chi connectivity index (χ3n) is 3.68. The van der Waals surface area contributed by atoms with Crippen LogP contribution in [0.15, 0.2) is 60.9 Å². The Morgan fingerprint density at radius 3 is 1.68 bits per heavy atom. The lowest BCUT2D eigenvalue weighted by molar-refractivity contribution is 0.478. The van der Waals surface area contributed by atoms with Crippen LogP contribution < -0.4 is 0 Å². The number of phenols is 1. The maximum Gasteiger partial charge on any atom is 0.134 e. The summed E-state index contributed by atoms with van der Waals surface area (Å²) in [6.45, 7) is 4.27. The molecule has 110 valence electrons. The molecule has 0 unspecified atom stereocenters. The van der Waals surface area contributed by atoms with E-state index in [0.717, 1.165) is 28.1 Å². The molecule has 3 rings (SSSR count). The summed E-state index contributed by atoms with van der Waals surface area (Å²) in [6, 6.07) is 15.4. The summed E-state index contributed by atoms with van der Waals surface area (Å²) in [5, 5.41) is 10.7. The third-order valence-corrected chi connectivity index (χ3v) is 3.68. The van der Waals surface area contributed by atoms with Crippen molar-refractivity contribution < 1.29 is 5.11 Å². The van der Waals surface area contributed by atoms with Crippen molar-refractivity contribution in [2.45, 2.75) is 19.8 Å². The van der Waals surface area contributed by atoms with Crippen molar-refractivity contribution in [2.24, 2.45) is 0 Å². The van der Waals surface area contributed by atoms with Crippen molar-refractivity contribution in [1.82, 2.24) is 9.97 Å². The highest BCUT2D eigenvalue weighted by Gasteiger charge is 2.16. The lowest BCUT2D eigenvalue weighted by Gasteiger charge is -2.14. The van der Waals surface area contributed by atoms with Crippen LogP contribution in [0.5, 0.6) is 5.75 Å². The summed E-state index contributed by atoms with van der Waals surface area (Å²) in [6.07, 6.45) is 3.47. The number of aromatic nitrogens is 2. The minimum absolute atomic E-state index is 0.224. The van der Waals surface area contributed by atoms with Crippen LogP contribution in [0.4, 0.5) is 0 Å².